The van der Waals surface area contributed by atoms with Crippen LogP contribution in [0.1, 0.15) is 35.2 Å². The van der Waals surface area contributed by atoms with Crippen molar-refractivity contribution in [1.29, 1.82) is 0 Å². The summed E-state index contributed by atoms with van der Waals surface area (Å²) in [5, 5.41) is 24.1. The summed E-state index contributed by atoms with van der Waals surface area (Å²) in [6.45, 7) is 2.14. The molecule has 17 heteroatoms. The van der Waals surface area contributed by atoms with E-state index in [9.17, 15) is 32.7 Å². The van der Waals surface area contributed by atoms with Gasteiger partial charge in [-0.25, -0.2) is 14.6 Å². The van der Waals surface area contributed by atoms with Gasteiger partial charge in [0.15, 0.2) is 5.17 Å². The number of halogens is 4. The fourth-order valence-electron chi connectivity index (χ4n) is 4.90. The summed E-state index contributed by atoms with van der Waals surface area (Å²) < 4.78 is 37.2. The number of aliphatic imine (C=N–C) groups is 1. The molecule has 48 heavy (non-hydrogen) atoms. The highest BCUT2D eigenvalue weighted by Gasteiger charge is 2.38. The molecular formula is C31H27ClF3N5O7S. The van der Waals surface area contributed by atoms with Gasteiger partial charge in [-0.2, -0.15) is 13.2 Å². The molecule has 0 bridgehead atoms. The summed E-state index contributed by atoms with van der Waals surface area (Å²) in [7, 11) is 0. The molecule has 2 aromatic carbocycles. The number of benzene rings is 2. The normalized spacial score (nSPS) is 18.2. The number of thioether (sulfide) groups is 1. The number of amidine groups is 1. The topological polar surface area (TPSA) is 171 Å². The number of aromatic carboxylic acids is 1. The lowest BCUT2D eigenvalue weighted by Crippen LogP contribution is -2.37. The predicted octanol–water partition coefficient (Wildman–Crippen LogP) is 5.69. The second-order valence-electron chi connectivity index (χ2n) is 10.8. The third-order valence-corrected chi connectivity index (χ3v) is 8.75. The summed E-state index contributed by atoms with van der Waals surface area (Å²) in [6.07, 6.45) is 0.897. The maximum Gasteiger partial charge on any atom is 0.490 e. The van der Waals surface area contributed by atoms with Crippen molar-refractivity contribution < 1.29 is 47.3 Å². The molecule has 3 aromatic rings. The van der Waals surface area contributed by atoms with Gasteiger partial charge < -0.3 is 30.5 Å². The number of nitrogens with zero attached hydrogens (tertiary/aromatic N) is 3. The standard InChI is InChI=1S/C29H26ClN5O5S.C2HF3O2/c30-21-6-5-18(32-26(36)17-2-1-3-17)14-23(21)33-29-34-27(37)24(41-29)13-16-4-7-22-19(12-16)25(20(15-31-22)28(38)39)35-8-10-40-11-9-35;3-2(4,5)1(6)7/h4-7,12-15,17H,1-3,8-11H2,(H,32,36)(H,38,39)(H,33,34,37);(H,6,7)/b24-13-;. The van der Waals surface area contributed by atoms with Crippen molar-refractivity contribution in [3.05, 3.63) is 63.6 Å². The molecule has 0 atom stereocenters. The van der Waals surface area contributed by atoms with Crippen LogP contribution in [0.5, 0.6) is 0 Å². The van der Waals surface area contributed by atoms with Gasteiger partial charge in [-0.1, -0.05) is 24.1 Å². The summed E-state index contributed by atoms with van der Waals surface area (Å²) in [5.74, 6) is -4.09. The fourth-order valence-corrected chi connectivity index (χ4v) is 5.90. The van der Waals surface area contributed by atoms with Crippen LogP contribution in [0.3, 0.4) is 0 Å². The van der Waals surface area contributed by atoms with E-state index in [2.05, 4.69) is 20.6 Å². The maximum absolute atomic E-state index is 12.8. The van der Waals surface area contributed by atoms with Crippen molar-refractivity contribution in [3.8, 4) is 0 Å². The van der Waals surface area contributed by atoms with E-state index in [1.807, 2.05) is 23.1 Å². The van der Waals surface area contributed by atoms with Gasteiger partial charge >= 0.3 is 18.1 Å². The minimum absolute atomic E-state index is 0.0104. The van der Waals surface area contributed by atoms with Crippen LogP contribution in [0.25, 0.3) is 17.0 Å². The van der Waals surface area contributed by atoms with Gasteiger partial charge in [0.2, 0.25) is 5.91 Å². The van der Waals surface area contributed by atoms with E-state index in [-0.39, 0.29) is 23.3 Å². The number of alkyl halides is 3. The van der Waals surface area contributed by atoms with Crippen molar-refractivity contribution >= 4 is 86.3 Å². The summed E-state index contributed by atoms with van der Waals surface area (Å²) in [6, 6.07) is 10.6. The molecule has 3 heterocycles. The molecule has 4 N–H and O–H groups in total. The highest BCUT2D eigenvalue weighted by Crippen LogP contribution is 2.35. The molecule has 3 fully saturated rings. The lowest BCUT2D eigenvalue weighted by atomic mass is 9.85. The number of hydrogen-bond acceptors (Lipinski definition) is 9. The van der Waals surface area contributed by atoms with Crippen LogP contribution in [-0.4, -0.2) is 76.6 Å². The van der Waals surface area contributed by atoms with Crippen molar-refractivity contribution in [1.82, 2.24) is 10.3 Å². The fraction of sp³-hybridized carbons (Fsp3) is 0.290. The van der Waals surface area contributed by atoms with Gasteiger partial charge in [-0.15, -0.1) is 0 Å². The maximum atomic E-state index is 12.8. The Hall–Kier alpha value is -4.67. The SMILES string of the molecule is O=C(O)C(F)(F)F.O=C1NC(=Nc2cc(NC(=O)C3CCC3)ccc2Cl)S/C1=C\c1ccc2ncc(C(=O)O)c(N3CCOCC3)c2c1. The van der Waals surface area contributed by atoms with E-state index in [0.29, 0.717) is 74.9 Å². The minimum Gasteiger partial charge on any atom is -0.478 e. The quantitative estimate of drug-likeness (QED) is 0.234. The Morgan fingerprint density at radius 1 is 1.12 bits per heavy atom. The van der Waals surface area contributed by atoms with Gasteiger partial charge in [0.25, 0.3) is 5.91 Å². The monoisotopic (exact) mass is 705 g/mol. The molecule has 1 aromatic heterocycles. The number of pyridine rings is 1. The van der Waals surface area contributed by atoms with Crippen molar-refractivity contribution in [2.45, 2.75) is 25.4 Å². The Morgan fingerprint density at radius 2 is 1.83 bits per heavy atom. The third-order valence-electron chi connectivity index (χ3n) is 7.52. The molecule has 3 aliphatic rings. The van der Waals surface area contributed by atoms with Crippen LogP contribution in [0.15, 0.2) is 52.5 Å². The van der Waals surface area contributed by atoms with Crippen LogP contribution in [0.2, 0.25) is 5.02 Å². The minimum atomic E-state index is -5.08. The molecule has 1 aliphatic carbocycles. The first-order valence-electron chi connectivity index (χ1n) is 14.5. The Morgan fingerprint density at radius 3 is 2.46 bits per heavy atom. The number of fused-ring (bicyclic) bond motifs is 1. The first-order chi connectivity index (χ1) is 22.8. The molecule has 2 aliphatic heterocycles. The Kier molecular flexibility index (Phi) is 10.6. The molecule has 12 nitrogen and oxygen atoms in total. The van der Waals surface area contributed by atoms with E-state index in [1.165, 1.54) is 18.0 Å². The Balaban J connectivity index is 0.000000582. The smallest absolute Gasteiger partial charge is 0.478 e. The molecule has 2 saturated heterocycles. The number of ether oxygens (including phenoxy) is 1. The third kappa shape index (κ3) is 8.24. The molecular weight excluding hydrogens is 679 g/mol. The number of carboxylic acids is 2. The summed E-state index contributed by atoms with van der Waals surface area (Å²) in [4.78, 5) is 57.4. The summed E-state index contributed by atoms with van der Waals surface area (Å²) >= 11 is 7.54. The number of rotatable bonds is 6. The molecule has 0 spiro atoms. The number of hydrogen-bond donors (Lipinski definition) is 4. The number of aromatic nitrogens is 1. The molecule has 0 unspecified atom stereocenters. The highest BCUT2D eigenvalue weighted by atomic mass is 35.5. The molecule has 252 valence electrons. The predicted molar refractivity (Wildman–Crippen MR) is 174 cm³/mol. The van der Waals surface area contributed by atoms with Crippen LogP contribution in [0, 0.1) is 5.92 Å². The second kappa shape index (κ2) is 14.6. The van der Waals surface area contributed by atoms with E-state index in [0.717, 1.165) is 19.3 Å². The largest absolute Gasteiger partial charge is 0.490 e. The summed E-state index contributed by atoms with van der Waals surface area (Å²) in [5.41, 5.74) is 3.11. The van der Waals surface area contributed by atoms with Crippen molar-refractivity contribution in [2.75, 3.05) is 36.5 Å². The molecule has 2 amide bonds. The van der Waals surface area contributed by atoms with Gasteiger partial charge in [-0.05, 0) is 66.6 Å². The number of carbonyl (C=O) groups is 4. The van der Waals surface area contributed by atoms with E-state index >= 15 is 0 Å². The van der Waals surface area contributed by atoms with Crippen LogP contribution in [0.4, 0.5) is 30.2 Å². The number of amides is 2. The number of anilines is 2. The lowest BCUT2D eigenvalue weighted by Gasteiger charge is -2.30. The Bertz CT molecular complexity index is 1840. The average molecular weight is 706 g/mol. The number of morpholine rings is 1. The average Bonchev–Trinajstić information content (AvgIpc) is 3.35. The van der Waals surface area contributed by atoms with Crippen LogP contribution >= 0.6 is 23.4 Å². The molecule has 1 saturated carbocycles. The van der Waals surface area contributed by atoms with Crippen molar-refractivity contribution in [3.63, 3.8) is 0 Å². The van der Waals surface area contributed by atoms with Gasteiger partial charge in [-0.3, -0.25) is 14.6 Å². The molecule has 0 radical (unpaired) electrons. The van der Waals surface area contributed by atoms with Crippen LogP contribution < -0.4 is 15.5 Å². The van der Waals surface area contributed by atoms with E-state index in [1.54, 1.807) is 24.3 Å². The van der Waals surface area contributed by atoms with E-state index < -0.39 is 18.1 Å². The lowest BCUT2D eigenvalue weighted by molar-refractivity contribution is -0.192. The second-order valence-corrected chi connectivity index (χ2v) is 12.2. The number of carboxylic acid groups (broad SMARTS) is 2. The first kappa shape index (κ1) is 34.7. The van der Waals surface area contributed by atoms with Gasteiger partial charge in [0, 0.05) is 36.3 Å². The number of aliphatic carboxylic acids is 1. The van der Waals surface area contributed by atoms with Crippen LogP contribution in [-0.2, 0) is 19.1 Å². The number of nitrogens with one attached hydrogen (secondary N) is 2. The number of carbonyl (C=O) groups excluding carboxylic acids is 2. The zero-order valence-electron chi connectivity index (χ0n) is 24.8. The van der Waals surface area contributed by atoms with Gasteiger partial charge in [0.05, 0.1) is 40.0 Å². The first-order valence-corrected chi connectivity index (χ1v) is 15.7. The zero-order valence-corrected chi connectivity index (χ0v) is 26.4. The molecule has 6 rings (SSSR count). The van der Waals surface area contributed by atoms with Crippen molar-refractivity contribution in [2.24, 2.45) is 10.9 Å². The van der Waals surface area contributed by atoms with E-state index in [4.69, 9.17) is 26.2 Å². The Labute approximate surface area is 280 Å². The van der Waals surface area contributed by atoms with Gasteiger partial charge in [0.1, 0.15) is 5.56 Å². The highest BCUT2D eigenvalue weighted by molar-refractivity contribution is 8.18. The zero-order chi connectivity index (χ0) is 34.6.